The minimum Gasteiger partial charge on any atom is -0.481 e. The molecule has 0 aliphatic rings. The van der Waals surface area contributed by atoms with Crippen LogP contribution in [-0.2, 0) is 4.79 Å². The van der Waals surface area contributed by atoms with Crippen molar-refractivity contribution in [3.8, 4) is 0 Å². The van der Waals surface area contributed by atoms with E-state index in [2.05, 4.69) is 20.8 Å². The van der Waals surface area contributed by atoms with Crippen LogP contribution in [0.1, 0.15) is 46.5 Å². The van der Waals surface area contributed by atoms with Gasteiger partial charge in [-0.15, -0.1) is 0 Å². The third kappa shape index (κ3) is 8.05. The van der Waals surface area contributed by atoms with E-state index in [4.69, 9.17) is 10.8 Å². The van der Waals surface area contributed by atoms with E-state index in [0.717, 1.165) is 12.8 Å². The molecule has 14 heavy (non-hydrogen) atoms. The van der Waals surface area contributed by atoms with Crippen LogP contribution in [0.15, 0.2) is 0 Å². The second kappa shape index (κ2) is 6.82. The normalized spacial score (nSPS) is 15.5. The molecule has 3 nitrogen and oxygen atoms in total. The second-order valence-electron chi connectivity index (χ2n) is 4.67. The Bertz CT molecular complexity index is 169. The molecule has 0 spiro atoms. The lowest BCUT2D eigenvalue weighted by Crippen LogP contribution is -2.24. The molecule has 3 N–H and O–H groups in total. The lowest BCUT2D eigenvalue weighted by atomic mass is 9.92. The van der Waals surface area contributed by atoms with Gasteiger partial charge in [-0.05, 0) is 31.1 Å². The van der Waals surface area contributed by atoms with Crippen LogP contribution in [0.4, 0.5) is 0 Å². The summed E-state index contributed by atoms with van der Waals surface area (Å²) in [6, 6.07) is -0.179. The molecule has 0 aromatic carbocycles. The molecule has 2 atom stereocenters. The number of carboxylic acid groups (broad SMARTS) is 1. The average molecular weight is 201 g/mol. The smallest absolute Gasteiger partial charge is 0.304 e. The fourth-order valence-electron chi connectivity index (χ4n) is 1.75. The minimum atomic E-state index is -0.797. The Morgan fingerprint density at radius 3 is 2.29 bits per heavy atom. The molecule has 84 valence electrons. The molecule has 0 fully saturated rings. The van der Waals surface area contributed by atoms with E-state index in [1.807, 2.05) is 0 Å². The predicted octanol–water partition coefficient (Wildman–Crippen LogP) is 2.25. The standard InChI is InChI=1S/C11H23NO2/c1-8(2)6-9(3)4-5-10(12)7-11(13)14/h8-10H,4-7,12H2,1-3H3,(H,13,14)/t9-,10-/m0/s1. The summed E-state index contributed by atoms with van der Waals surface area (Å²) in [7, 11) is 0. The number of hydrogen-bond acceptors (Lipinski definition) is 2. The van der Waals surface area contributed by atoms with Gasteiger partial charge in [0.2, 0.25) is 0 Å². The molecule has 0 aromatic rings. The van der Waals surface area contributed by atoms with Gasteiger partial charge in [0.25, 0.3) is 0 Å². The summed E-state index contributed by atoms with van der Waals surface area (Å²) < 4.78 is 0. The van der Waals surface area contributed by atoms with Gasteiger partial charge in [0.1, 0.15) is 0 Å². The first-order valence-electron chi connectivity index (χ1n) is 5.39. The Balaban J connectivity index is 3.55. The van der Waals surface area contributed by atoms with Gasteiger partial charge in [0.05, 0.1) is 6.42 Å². The zero-order valence-electron chi connectivity index (χ0n) is 9.49. The highest BCUT2D eigenvalue weighted by atomic mass is 16.4. The molecule has 0 saturated carbocycles. The maximum atomic E-state index is 10.4. The van der Waals surface area contributed by atoms with Gasteiger partial charge in [-0.3, -0.25) is 4.79 Å². The first-order chi connectivity index (χ1) is 6.41. The monoisotopic (exact) mass is 201 g/mol. The quantitative estimate of drug-likeness (QED) is 0.664. The van der Waals surface area contributed by atoms with Crippen LogP contribution in [0, 0.1) is 11.8 Å². The van der Waals surface area contributed by atoms with Gasteiger partial charge in [-0.25, -0.2) is 0 Å². The zero-order chi connectivity index (χ0) is 11.1. The molecular weight excluding hydrogens is 178 g/mol. The van der Waals surface area contributed by atoms with Crippen LogP contribution in [0.25, 0.3) is 0 Å². The largest absolute Gasteiger partial charge is 0.481 e. The van der Waals surface area contributed by atoms with Crippen molar-refractivity contribution in [2.45, 2.75) is 52.5 Å². The molecule has 0 amide bonds. The highest BCUT2D eigenvalue weighted by Gasteiger charge is 2.11. The van der Waals surface area contributed by atoms with Crippen LogP contribution in [0.5, 0.6) is 0 Å². The minimum absolute atomic E-state index is 0.0917. The van der Waals surface area contributed by atoms with E-state index < -0.39 is 5.97 Å². The lowest BCUT2D eigenvalue weighted by molar-refractivity contribution is -0.137. The van der Waals surface area contributed by atoms with Crippen LogP contribution >= 0.6 is 0 Å². The van der Waals surface area contributed by atoms with Crippen molar-refractivity contribution >= 4 is 5.97 Å². The van der Waals surface area contributed by atoms with E-state index >= 15 is 0 Å². The highest BCUT2D eigenvalue weighted by molar-refractivity contribution is 5.67. The van der Waals surface area contributed by atoms with Crippen LogP contribution in [0.2, 0.25) is 0 Å². The van der Waals surface area contributed by atoms with Gasteiger partial charge >= 0.3 is 5.97 Å². The summed E-state index contributed by atoms with van der Waals surface area (Å²) in [4.78, 5) is 10.4. The number of nitrogens with two attached hydrogens (primary N) is 1. The molecule has 0 bridgehead atoms. The van der Waals surface area contributed by atoms with Gasteiger partial charge < -0.3 is 10.8 Å². The highest BCUT2D eigenvalue weighted by Crippen LogP contribution is 2.17. The number of carboxylic acids is 1. The summed E-state index contributed by atoms with van der Waals surface area (Å²) in [6.07, 6.45) is 3.14. The number of rotatable bonds is 7. The van der Waals surface area contributed by atoms with Crippen molar-refractivity contribution < 1.29 is 9.90 Å². The molecule has 0 rings (SSSR count). The lowest BCUT2D eigenvalue weighted by Gasteiger charge is -2.15. The number of carbonyl (C=O) groups is 1. The second-order valence-corrected chi connectivity index (χ2v) is 4.67. The van der Waals surface area contributed by atoms with E-state index in [0.29, 0.717) is 11.8 Å². The van der Waals surface area contributed by atoms with Crippen LogP contribution in [-0.4, -0.2) is 17.1 Å². The number of hydrogen-bond donors (Lipinski definition) is 2. The Morgan fingerprint density at radius 2 is 1.86 bits per heavy atom. The number of aliphatic carboxylic acids is 1. The molecule has 3 heteroatoms. The SMILES string of the molecule is CC(C)C[C@@H](C)CC[C@H](N)CC(=O)O. The summed E-state index contributed by atoms with van der Waals surface area (Å²) >= 11 is 0. The molecule has 0 aliphatic carbocycles. The maximum Gasteiger partial charge on any atom is 0.304 e. The summed E-state index contributed by atoms with van der Waals surface area (Å²) in [5.74, 6) is 0.560. The van der Waals surface area contributed by atoms with E-state index in [1.165, 1.54) is 6.42 Å². The Kier molecular flexibility index (Phi) is 6.54. The zero-order valence-corrected chi connectivity index (χ0v) is 9.49. The third-order valence-electron chi connectivity index (χ3n) is 2.34. The first-order valence-corrected chi connectivity index (χ1v) is 5.39. The Hall–Kier alpha value is -0.570. The van der Waals surface area contributed by atoms with E-state index in [-0.39, 0.29) is 12.5 Å². The molecule has 0 radical (unpaired) electrons. The topological polar surface area (TPSA) is 63.3 Å². The first kappa shape index (κ1) is 13.4. The van der Waals surface area contributed by atoms with Crippen molar-refractivity contribution in [2.24, 2.45) is 17.6 Å². The Labute approximate surface area is 86.7 Å². The average Bonchev–Trinajstić information content (AvgIpc) is 1.98. The van der Waals surface area contributed by atoms with Crippen molar-refractivity contribution in [3.63, 3.8) is 0 Å². The van der Waals surface area contributed by atoms with Crippen molar-refractivity contribution in [1.82, 2.24) is 0 Å². The van der Waals surface area contributed by atoms with Crippen LogP contribution < -0.4 is 5.73 Å². The van der Waals surface area contributed by atoms with Crippen molar-refractivity contribution in [2.75, 3.05) is 0 Å². The van der Waals surface area contributed by atoms with E-state index in [1.54, 1.807) is 0 Å². The van der Waals surface area contributed by atoms with Gasteiger partial charge in [-0.1, -0.05) is 20.8 Å². The van der Waals surface area contributed by atoms with Crippen molar-refractivity contribution in [3.05, 3.63) is 0 Å². The maximum absolute atomic E-state index is 10.4. The molecule has 0 heterocycles. The molecule has 0 aliphatic heterocycles. The molecule has 0 unspecified atom stereocenters. The molecule has 0 saturated heterocycles. The summed E-state index contributed by atoms with van der Waals surface area (Å²) in [5.41, 5.74) is 5.67. The van der Waals surface area contributed by atoms with Gasteiger partial charge in [0.15, 0.2) is 0 Å². The fraction of sp³-hybridized carbons (Fsp3) is 0.909. The van der Waals surface area contributed by atoms with Crippen LogP contribution in [0.3, 0.4) is 0 Å². The van der Waals surface area contributed by atoms with Gasteiger partial charge in [0, 0.05) is 6.04 Å². The summed E-state index contributed by atoms with van der Waals surface area (Å²) in [6.45, 7) is 6.61. The van der Waals surface area contributed by atoms with E-state index in [9.17, 15) is 4.79 Å². The van der Waals surface area contributed by atoms with Crippen molar-refractivity contribution in [1.29, 1.82) is 0 Å². The fourth-order valence-corrected chi connectivity index (χ4v) is 1.75. The Morgan fingerprint density at radius 1 is 1.29 bits per heavy atom. The third-order valence-corrected chi connectivity index (χ3v) is 2.34. The molecule has 0 aromatic heterocycles. The summed E-state index contributed by atoms with van der Waals surface area (Å²) in [5, 5.41) is 8.51. The molecular formula is C11H23NO2. The van der Waals surface area contributed by atoms with Gasteiger partial charge in [-0.2, -0.15) is 0 Å². The predicted molar refractivity (Wildman–Crippen MR) is 58.1 cm³/mol.